The summed E-state index contributed by atoms with van der Waals surface area (Å²) in [4.78, 5) is 16.4. The van der Waals surface area contributed by atoms with E-state index in [2.05, 4.69) is 32.6 Å². The molecule has 0 bridgehead atoms. The zero-order valence-corrected chi connectivity index (χ0v) is 16.6. The number of aromatic amines is 1. The minimum atomic E-state index is -0.0505. The number of carbonyl (C=O) groups excluding carboxylic acids is 1. The fourth-order valence-corrected chi connectivity index (χ4v) is 4.06. The van der Waals surface area contributed by atoms with Crippen LogP contribution in [0.15, 0.2) is 75.3 Å². The van der Waals surface area contributed by atoms with Crippen molar-refractivity contribution < 1.29 is 9.21 Å². The fourth-order valence-electron chi connectivity index (χ4n) is 2.68. The number of carbonyl (C=O) groups is 1. The summed E-state index contributed by atoms with van der Waals surface area (Å²) in [6.07, 6.45) is 1.85. The largest absolute Gasteiger partial charge is 0.411 e. The highest BCUT2D eigenvalue weighted by Crippen LogP contribution is 2.29. The predicted molar refractivity (Wildman–Crippen MR) is 112 cm³/mol. The van der Waals surface area contributed by atoms with Crippen LogP contribution in [0, 0.1) is 0 Å². The summed E-state index contributed by atoms with van der Waals surface area (Å²) >= 11 is 2.95. The van der Waals surface area contributed by atoms with Gasteiger partial charge in [0.05, 0.1) is 11.3 Å². The molecule has 4 rings (SSSR count). The second-order valence-corrected chi connectivity index (χ2v) is 8.02. The second kappa shape index (κ2) is 8.99. The van der Waals surface area contributed by atoms with Crippen LogP contribution >= 0.6 is 23.5 Å². The first-order chi connectivity index (χ1) is 13.8. The molecular weight excluding hydrogens is 392 g/mol. The average molecular weight is 411 g/mol. The molecular formula is C20H18N4O2S2. The summed E-state index contributed by atoms with van der Waals surface area (Å²) in [7, 11) is 0. The van der Waals surface area contributed by atoms with E-state index in [1.54, 1.807) is 11.8 Å². The molecule has 6 nitrogen and oxygen atoms in total. The second-order valence-electron chi connectivity index (χ2n) is 5.92. The standard InChI is InChI=1S/C20H18N4O2S2/c25-18(21-10-11-27-14-6-2-1-3-7-14)13-28-20-24-23-19(26-20)16-12-22-17-9-5-4-8-15(16)17/h1-9,12,22H,10-11,13H2,(H,21,25). The number of fused-ring (bicyclic) bond motifs is 1. The molecule has 1 amide bonds. The Hall–Kier alpha value is -2.71. The molecule has 0 spiro atoms. The Kier molecular flexibility index (Phi) is 5.98. The van der Waals surface area contributed by atoms with Gasteiger partial charge >= 0.3 is 0 Å². The third kappa shape index (κ3) is 4.58. The van der Waals surface area contributed by atoms with E-state index in [1.165, 1.54) is 16.7 Å². The normalized spacial score (nSPS) is 11.0. The van der Waals surface area contributed by atoms with Crippen LogP contribution in [-0.2, 0) is 4.79 Å². The van der Waals surface area contributed by atoms with E-state index in [1.807, 2.05) is 48.7 Å². The lowest BCUT2D eigenvalue weighted by molar-refractivity contribution is -0.118. The molecule has 2 N–H and O–H groups in total. The van der Waals surface area contributed by atoms with Crippen molar-refractivity contribution in [2.45, 2.75) is 10.1 Å². The molecule has 0 saturated carbocycles. The maximum Gasteiger partial charge on any atom is 0.277 e. The minimum Gasteiger partial charge on any atom is -0.411 e. The van der Waals surface area contributed by atoms with Crippen molar-refractivity contribution in [1.29, 1.82) is 0 Å². The van der Waals surface area contributed by atoms with Gasteiger partial charge in [-0.05, 0) is 18.2 Å². The molecule has 0 fully saturated rings. The van der Waals surface area contributed by atoms with E-state index in [0.29, 0.717) is 17.7 Å². The molecule has 0 radical (unpaired) electrons. The van der Waals surface area contributed by atoms with Crippen LogP contribution in [0.1, 0.15) is 0 Å². The molecule has 142 valence electrons. The van der Waals surface area contributed by atoms with Gasteiger partial charge in [0, 0.05) is 34.3 Å². The maximum absolute atomic E-state index is 12.0. The quantitative estimate of drug-likeness (QED) is 0.334. The third-order valence-corrected chi connectivity index (χ3v) is 5.82. The molecule has 2 aromatic heterocycles. The Morgan fingerprint density at radius 3 is 2.75 bits per heavy atom. The number of aromatic nitrogens is 3. The molecule has 0 atom stereocenters. The molecule has 0 aliphatic carbocycles. The van der Waals surface area contributed by atoms with E-state index in [4.69, 9.17) is 4.42 Å². The van der Waals surface area contributed by atoms with Crippen LogP contribution in [0.2, 0.25) is 0 Å². The van der Waals surface area contributed by atoms with Crippen LogP contribution in [-0.4, -0.2) is 39.1 Å². The molecule has 8 heteroatoms. The summed E-state index contributed by atoms with van der Waals surface area (Å²) in [5, 5.41) is 12.5. The number of rotatable bonds is 8. The van der Waals surface area contributed by atoms with Crippen LogP contribution in [0.3, 0.4) is 0 Å². The van der Waals surface area contributed by atoms with Gasteiger partial charge in [-0.2, -0.15) is 0 Å². The number of hydrogen-bond donors (Lipinski definition) is 2. The van der Waals surface area contributed by atoms with Crippen molar-refractivity contribution in [2.24, 2.45) is 0 Å². The monoisotopic (exact) mass is 410 g/mol. The van der Waals surface area contributed by atoms with Crippen molar-refractivity contribution in [1.82, 2.24) is 20.5 Å². The third-order valence-electron chi connectivity index (χ3n) is 3.99. The van der Waals surface area contributed by atoms with Gasteiger partial charge in [-0.15, -0.1) is 22.0 Å². The van der Waals surface area contributed by atoms with Crippen molar-refractivity contribution in [3.8, 4) is 11.5 Å². The number of para-hydroxylation sites is 1. The van der Waals surface area contributed by atoms with Gasteiger partial charge in [0.15, 0.2) is 0 Å². The van der Waals surface area contributed by atoms with Crippen molar-refractivity contribution in [2.75, 3.05) is 18.1 Å². The lowest BCUT2D eigenvalue weighted by Crippen LogP contribution is -2.27. The molecule has 0 saturated heterocycles. The maximum atomic E-state index is 12.0. The number of thioether (sulfide) groups is 2. The van der Waals surface area contributed by atoms with Crippen molar-refractivity contribution >= 4 is 40.3 Å². The van der Waals surface area contributed by atoms with E-state index >= 15 is 0 Å². The number of H-pyrrole nitrogens is 1. The van der Waals surface area contributed by atoms with Gasteiger partial charge in [-0.25, -0.2) is 0 Å². The summed E-state index contributed by atoms with van der Waals surface area (Å²) < 4.78 is 5.71. The number of hydrogen-bond acceptors (Lipinski definition) is 6. The summed E-state index contributed by atoms with van der Waals surface area (Å²) in [5.41, 5.74) is 1.87. The van der Waals surface area contributed by atoms with Crippen LogP contribution < -0.4 is 5.32 Å². The molecule has 2 aromatic carbocycles. The fraction of sp³-hybridized carbons (Fsp3) is 0.150. The van der Waals surface area contributed by atoms with E-state index in [9.17, 15) is 4.79 Å². The first-order valence-corrected chi connectivity index (χ1v) is 10.7. The first-order valence-electron chi connectivity index (χ1n) is 8.77. The highest BCUT2D eigenvalue weighted by atomic mass is 32.2. The van der Waals surface area contributed by atoms with Gasteiger partial charge in [-0.3, -0.25) is 4.79 Å². The van der Waals surface area contributed by atoms with Crippen LogP contribution in [0.4, 0.5) is 0 Å². The number of nitrogens with zero attached hydrogens (tertiary/aromatic N) is 2. The van der Waals surface area contributed by atoms with Gasteiger partial charge in [-0.1, -0.05) is 48.2 Å². The van der Waals surface area contributed by atoms with Gasteiger partial charge in [0.25, 0.3) is 11.1 Å². The molecule has 0 unspecified atom stereocenters. The number of nitrogens with one attached hydrogen (secondary N) is 2. The van der Waals surface area contributed by atoms with Gasteiger partial charge in [0.1, 0.15) is 0 Å². The Morgan fingerprint density at radius 2 is 1.86 bits per heavy atom. The van der Waals surface area contributed by atoms with Crippen molar-refractivity contribution in [3.05, 3.63) is 60.8 Å². The van der Waals surface area contributed by atoms with Crippen LogP contribution in [0.5, 0.6) is 0 Å². The van der Waals surface area contributed by atoms with E-state index < -0.39 is 0 Å². The zero-order valence-electron chi connectivity index (χ0n) is 14.9. The molecule has 2 heterocycles. The van der Waals surface area contributed by atoms with E-state index in [0.717, 1.165) is 22.2 Å². The topological polar surface area (TPSA) is 83.8 Å². The average Bonchev–Trinajstić information content (AvgIpc) is 3.37. The predicted octanol–water partition coefficient (Wildman–Crippen LogP) is 4.22. The summed E-state index contributed by atoms with van der Waals surface area (Å²) in [6.45, 7) is 0.614. The lowest BCUT2D eigenvalue weighted by Gasteiger charge is -2.04. The Balaban J connectivity index is 1.25. The molecule has 0 aliphatic rings. The highest BCUT2D eigenvalue weighted by molar-refractivity contribution is 7.99. The SMILES string of the molecule is O=C(CSc1nnc(-c2c[nH]c3ccccc23)o1)NCCSc1ccccc1. The number of benzene rings is 2. The first kappa shape index (κ1) is 18.6. The summed E-state index contributed by atoms with van der Waals surface area (Å²) in [6, 6.07) is 18.0. The Bertz CT molecular complexity index is 1060. The lowest BCUT2D eigenvalue weighted by atomic mass is 10.2. The van der Waals surface area contributed by atoms with Gasteiger partial charge in [0.2, 0.25) is 5.91 Å². The Labute approximate surface area is 170 Å². The zero-order chi connectivity index (χ0) is 19.2. The summed E-state index contributed by atoms with van der Waals surface area (Å²) in [5.74, 6) is 1.46. The van der Waals surface area contributed by atoms with Crippen molar-refractivity contribution in [3.63, 3.8) is 0 Å². The van der Waals surface area contributed by atoms with Crippen LogP contribution in [0.25, 0.3) is 22.4 Å². The number of amides is 1. The highest BCUT2D eigenvalue weighted by Gasteiger charge is 2.14. The van der Waals surface area contributed by atoms with Gasteiger partial charge < -0.3 is 14.7 Å². The Morgan fingerprint density at radius 1 is 1.04 bits per heavy atom. The smallest absolute Gasteiger partial charge is 0.277 e. The molecule has 0 aliphatic heterocycles. The van der Waals surface area contributed by atoms with E-state index in [-0.39, 0.29) is 11.7 Å². The minimum absolute atomic E-state index is 0.0505. The molecule has 4 aromatic rings. The molecule has 28 heavy (non-hydrogen) atoms.